The van der Waals surface area contributed by atoms with Crippen LogP contribution in [-0.4, -0.2) is 29.8 Å². The van der Waals surface area contributed by atoms with E-state index < -0.39 is 0 Å². The van der Waals surface area contributed by atoms with E-state index in [1.54, 1.807) is 36.4 Å². The zero-order chi connectivity index (χ0) is 22.3. The minimum Gasteiger partial charge on any atom is -0.348 e. The van der Waals surface area contributed by atoms with E-state index >= 15 is 0 Å². The molecular formula is C26H26BrN3O2. The van der Waals surface area contributed by atoms with Crippen LogP contribution in [0.15, 0.2) is 77.3 Å². The molecule has 1 fully saturated rings. The summed E-state index contributed by atoms with van der Waals surface area (Å²) in [7, 11) is 0. The molecule has 3 aromatic carbocycles. The molecule has 0 aromatic heterocycles. The first-order valence-corrected chi connectivity index (χ1v) is 11.6. The first-order valence-electron chi connectivity index (χ1n) is 10.8. The van der Waals surface area contributed by atoms with Crippen molar-refractivity contribution in [1.29, 1.82) is 0 Å². The van der Waals surface area contributed by atoms with E-state index in [2.05, 4.69) is 55.7 Å². The van der Waals surface area contributed by atoms with E-state index in [1.807, 2.05) is 12.1 Å². The number of amides is 2. The molecule has 0 unspecified atom stereocenters. The summed E-state index contributed by atoms with van der Waals surface area (Å²) >= 11 is 3.39. The van der Waals surface area contributed by atoms with E-state index in [0.29, 0.717) is 27.8 Å². The Kier molecular flexibility index (Phi) is 7.35. The van der Waals surface area contributed by atoms with Gasteiger partial charge in [0, 0.05) is 17.6 Å². The number of nitrogens with one attached hydrogen (secondary N) is 2. The van der Waals surface area contributed by atoms with E-state index in [0.717, 1.165) is 12.1 Å². The Labute approximate surface area is 197 Å². The quantitative estimate of drug-likeness (QED) is 0.475. The van der Waals surface area contributed by atoms with Crippen LogP contribution in [0.25, 0.3) is 0 Å². The molecule has 0 spiro atoms. The van der Waals surface area contributed by atoms with Gasteiger partial charge in [-0.25, -0.2) is 0 Å². The van der Waals surface area contributed by atoms with Gasteiger partial charge in [0.1, 0.15) is 0 Å². The molecule has 0 saturated carbocycles. The van der Waals surface area contributed by atoms with Gasteiger partial charge in [-0.15, -0.1) is 0 Å². The lowest BCUT2D eigenvalue weighted by molar-refractivity contribution is 0.0952. The minimum atomic E-state index is -0.272. The van der Waals surface area contributed by atoms with Gasteiger partial charge in [0.15, 0.2) is 0 Å². The molecule has 3 aromatic rings. The summed E-state index contributed by atoms with van der Waals surface area (Å²) in [5.41, 5.74) is 3.75. The van der Waals surface area contributed by atoms with Crippen molar-refractivity contribution < 1.29 is 9.59 Å². The Morgan fingerprint density at radius 3 is 2.12 bits per heavy atom. The van der Waals surface area contributed by atoms with Crippen molar-refractivity contribution >= 4 is 33.4 Å². The standard InChI is InChI=1S/C26H26BrN3O2/c27-23-9-3-1-7-21(23)26(32)29-24-10-4-2-8-22(24)25(31)28-17-19-11-13-20(14-12-19)18-30-15-5-6-16-30/h1-4,7-14H,5-6,15-18H2,(H,28,31)(H,29,32). The second kappa shape index (κ2) is 10.6. The monoisotopic (exact) mass is 491 g/mol. The second-order valence-electron chi connectivity index (χ2n) is 7.96. The number of anilines is 1. The largest absolute Gasteiger partial charge is 0.348 e. The normalized spacial score (nSPS) is 13.7. The molecule has 5 nitrogen and oxygen atoms in total. The molecule has 1 saturated heterocycles. The minimum absolute atomic E-state index is 0.228. The maximum Gasteiger partial charge on any atom is 0.256 e. The molecule has 1 aliphatic rings. The van der Waals surface area contributed by atoms with Crippen LogP contribution in [0.1, 0.15) is 44.7 Å². The summed E-state index contributed by atoms with van der Waals surface area (Å²) in [5, 5.41) is 5.82. The number of hydrogen-bond donors (Lipinski definition) is 2. The van der Waals surface area contributed by atoms with E-state index in [9.17, 15) is 9.59 Å². The van der Waals surface area contributed by atoms with E-state index in [4.69, 9.17) is 0 Å². The highest BCUT2D eigenvalue weighted by atomic mass is 79.9. The fraction of sp³-hybridized carbons (Fsp3) is 0.231. The van der Waals surface area contributed by atoms with Crippen molar-refractivity contribution in [3.05, 3.63) is 99.5 Å². The third-order valence-electron chi connectivity index (χ3n) is 5.62. The highest BCUT2D eigenvalue weighted by Gasteiger charge is 2.16. The number of halogens is 1. The number of carbonyl (C=O) groups is 2. The second-order valence-corrected chi connectivity index (χ2v) is 8.82. The highest BCUT2D eigenvalue weighted by Crippen LogP contribution is 2.20. The first-order chi connectivity index (χ1) is 15.6. The average molecular weight is 492 g/mol. The van der Waals surface area contributed by atoms with Gasteiger partial charge in [-0.05, 0) is 77.3 Å². The molecule has 1 heterocycles. The maximum atomic E-state index is 12.8. The Morgan fingerprint density at radius 1 is 0.781 bits per heavy atom. The molecule has 4 rings (SSSR count). The third kappa shape index (κ3) is 5.64. The van der Waals surface area contributed by atoms with Gasteiger partial charge in [-0.2, -0.15) is 0 Å². The molecule has 1 aliphatic heterocycles. The van der Waals surface area contributed by atoms with Gasteiger partial charge >= 0.3 is 0 Å². The summed E-state index contributed by atoms with van der Waals surface area (Å²) in [5.74, 6) is -0.500. The average Bonchev–Trinajstić information content (AvgIpc) is 3.32. The number of rotatable bonds is 7. The lowest BCUT2D eigenvalue weighted by Crippen LogP contribution is -2.25. The number of benzene rings is 3. The lowest BCUT2D eigenvalue weighted by Gasteiger charge is -2.15. The molecule has 6 heteroatoms. The van der Waals surface area contributed by atoms with Crippen LogP contribution >= 0.6 is 15.9 Å². The van der Waals surface area contributed by atoms with Crippen molar-refractivity contribution in [1.82, 2.24) is 10.2 Å². The fourth-order valence-electron chi connectivity index (χ4n) is 3.86. The lowest BCUT2D eigenvalue weighted by atomic mass is 10.1. The Balaban J connectivity index is 1.37. The molecule has 164 valence electrons. The SMILES string of the molecule is O=C(Nc1ccccc1C(=O)NCc1ccc(CN2CCCC2)cc1)c1ccccc1Br. The number of para-hydroxylation sites is 1. The van der Waals surface area contributed by atoms with Crippen LogP contribution in [0, 0.1) is 0 Å². The van der Waals surface area contributed by atoms with Crippen molar-refractivity contribution in [3.63, 3.8) is 0 Å². The van der Waals surface area contributed by atoms with Gasteiger partial charge in [0.05, 0.1) is 16.8 Å². The van der Waals surface area contributed by atoms with Gasteiger partial charge in [0.2, 0.25) is 0 Å². The summed E-state index contributed by atoms with van der Waals surface area (Å²) in [6.45, 7) is 3.76. The predicted molar refractivity (Wildman–Crippen MR) is 131 cm³/mol. The van der Waals surface area contributed by atoms with E-state index in [-0.39, 0.29) is 11.8 Å². The number of carbonyl (C=O) groups excluding carboxylic acids is 2. The molecule has 0 bridgehead atoms. The first kappa shape index (κ1) is 22.2. The third-order valence-corrected chi connectivity index (χ3v) is 6.31. The predicted octanol–water partition coefficient (Wildman–Crippen LogP) is 5.23. The Bertz CT molecular complexity index is 1090. The molecule has 0 aliphatic carbocycles. The van der Waals surface area contributed by atoms with Crippen molar-refractivity contribution in [3.8, 4) is 0 Å². The molecule has 2 N–H and O–H groups in total. The smallest absolute Gasteiger partial charge is 0.256 e. The van der Waals surface area contributed by atoms with Crippen LogP contribution in [0.4, 0.5) is 5.69 Å². The highest BCUT2D eigenvalue weighted by molar-refractivity contribution is 9.10. The fourth-order valence-corrected chi connectivity index (χ4v) is 4.33. The van der Waals surface area contributed by atoms with Crippen LogP contribution < -0.4 is 10.6 Å². The maximum absolute atomic E-state index is 12.8. The molecular weight excluding hydrogens is 466 g/mol. The summed E-state index contributed by atoms with van der Waals surface area (Å²) < 4.78 is 0.701. The van der Waals surface area contributed by atoms with Crippen molar-refractivity contribution in [2.75, 3.05) is 18.4 Å². The Morgan fingerprint density at radius 2 is 1.41 bits per heavy atom. The number of nitrogens with zero attached hydrogens (tertiary/aromatic N) is 1. The van der Waals surface area contributed by atoms with Gasteiger partial charge < -0.3 is 10.6 Å². The van der Waals surface area contributed by atoms with Crippen LogP contribution in [-0.2, 0) is 13.1 Å². The zero-order valence-corrected chi connectivity index (χ0v) is 19.4. The van der Waals surface area contributed by atoms with Crippen LogP contribution in [0.5, 0.6) is 0 Å². The Hall–Kier alpha value is -2.96. The molecule has 32 heavy (non-hydrogen) atoms. The topological polar surface area (TPSA) is 61.4 Å². The van der Waals surface area contributed by atoms with Gasteiger partial charge in [0.25, 0.3) is 11.8 Å². The van der Waals surface area contributed by atoms with Crippen molar-refractivity contribution in [2.24, 2.45) is 0 Å². The van der Waals surface area contributed by atoms with Gasteiger partial charge in [-0.1, -0.05) is 48.5 Å². The number of likely N-dealkylation sites (tertiary alicyclic amines) is 1. The van der Waals surface area contributed by atoms with E-state index in [1.165, 1.54) is 31.5 Å². The number of hydrogen-bond acceptors (Lipinski definition) is 3. The van der Waals surface area contributed by atoms with Crippen LogP contribution in [0.3, 0.4) is 0 Å². The summed E-state index contributed by atoms with van der Waals surface area (Å²) in [6.07, 6.45) is 2.57. The zero-order valence-electron chi connectivity index (χ0n) is 17.8. The summed E-state index contributed by atoms with van der Waals surface area (Å²) in [6, 6.07) is 22.6. The molecule has 0 atom stereocenters. The van der Waals surface area contributed by atoms with Crippen molar-refractivity contribution in [2.45, 2.75) is 25.9 Å². The summed E-state index contributed by atoms with van der Waals surface area (Å²) in [4.78, 5) is 28.0. The molecule has 2 amide bonds. The molecule has 0 radical (unpaired) electrons. The van der Waals surface area contributed by atoms with Crippen LogP contribution in [0.2, 0.25) is 0 Å². The van der Waals surface area contributed by atoms with Gasteiger partial charge in [-0.3, -0.25) is 14.5 Å².